The minimum absolute atomic E-state index is 0.0196. The Labute approximate surface area is 197 Å². The Morgan fingerprint density at radius 1 is 1.21 bits per heavy atom. The van der Waals surface area contributed by atoms with Crippen LogP contribution >= 0.6 is 23.1 Å². The number of hydrogen-bond acceptors (Lipinski definition) is 7. The zero-order valence-electron chi connectivity index (χ0n) is 18.0. The number of nitrogens with one attached hydrogen (secondary N) is 1. The summed E-state index contributed by atoms with van der Waals surface area (Å²) < 4.78 is 0. The number of hydrogen-bond donors (Lipinski definition) is 2. The van der Waals surface area contributed by atoms with Gasteiger partial charge in [-0.2, -0.15) is 0 Å². The topological polar surface area (TPSA) is 120 Å². The van der Waals surface area contributed by atoms with Gasteiger partial charge in [0.2, 0.25) is 11.8 Å². The number of carbonyl (C=O) groups excluding carboxylic acids is 2. The summed E-state index contributed by atoms with van der Waals surface area (Å²) in [5.74, 6) is -3.17. The molecule has 4 aliphatic rings. The molecule has 0 unspecified atom stereocenters. The lowest BCUT2D eigenvalue weighted by Crippen LogP contribution is -2.49. The molecule has 2 amide bonds. The lowest BCUT2D eigenvalue weighted by atomic mass is 9.68. The maximum atomic E-state index is 13.6. The van der Waals surface area contributed by atoms with E-state index in [0.717, 1.165) is 26.8 Å². The number of aromatic nitrogens is 2. The molecule has 0 spiro atoms. The normalized spacial score (nSPS) is 35.0. The Morgan fingerprint density at radius 3 is 2.58 bits per heavy atom. The number of carboxylic acid groups (broad SMARTS) is 1. The van der Waals surface area contributed by atoms with Gasteiger partial charge in [0, 0.05) is 28.4 Å². The van der Waals surface area contributed by atoms with E-state index in [1.54, 1.807) is 31.8 Å². The van der Waals surface area contributed by atoms with Crippen LogP contribution < -0.4 is 4.87 Å². The quantitative estimate of drug-likeness (QED) is 0.638. The SMILES string of the molecule is CC(C)[C@@H](C(=O)O)N1C(=O)[C@H]2[C@@H]3C[C@@H]([C@@H]2C1=O)[C@H]1[C@H](c2cccnc2)c2sc(=O)[nH]c2S[C@H]31. The first-order chi connectivity index (χ1) is 15.8. The van der Waals surface area contributed by atoms with Gasteiger partial charge in [-0.05, 0) is 41.7 Å². The number of carboxylic acids is 1. The summed E-state index contributed by atoms with van der Waals surface area (Å²) in [5, 5.41) is 10.7. The molecule has 3 fully saturated rings. The number of pyridine rings is 1. The van der Waals surface area contributed by atoms with Crippen LogP contribution in [0.1, 0.15) is 36.6 Å². The van der Waals surface area contributed by atoms with Crippen LogP contribution in [0.25, 0.3) is 0 Å². The van der Waals surface area contributed by atoms with E-state index in [9.17, 15) is 24.3 Å². The lowest BCUT2D eigenvalue weighted by Gasteiger charge is -2.42. The number of aliphatic carboxylic acids is 1. The highest BCUT2D eigenvalue weighted by molar-refractivity contribution is 8.00. The lowest BCUT2D eigenvalue weighted by molar-refractivity contribution is -0.157. The standard InChI is InChI=1S/C23H23N3O5S2/c1-8(2)16(22(29)30)26-20(27)14-10-6-11(15(14)21(26)28)17-13(10)12(9-4-3-5-24-7-9)18-19(32-17)25-23(31)33-18/h3-5,7-8,10-17H,6H2,1-2H3,(H,25,31)(H,29,30)/t10-,11+,12+,13+,14+,15+,16+,17-/m1/s1. The number of imide groups is 1. The molecular formula is C23H23N3O5S2. The second kappa shape index (κ2) is 7.27. The van der Waals surface area contributed by atoms with Gasteiger partial charge in [0.15, 0.2) is 0 Å². The fourth-order valence-corrected chi connectivity index (χ4v) is 9.83. The van der Waals surface area contributed by atoms with Crippen molar-refractivity contribution in [1.82, 2.24) is 14.9 Å². The zero-order valence-corrected chi connectivity index (χ0v) is 19.6. The summed E-state index contributed by atoms with van der Waals surface area (Å²) in [6.45, 7) is 3.45. The summed E-state index contributed by atoms with van der Waals surface area (Å²) in [4.78, 5) is 60.5. The number of carbonyl (C=O) groups is 3. The number of thioether (sulfide) groups is 1. The number of amides is 2. The fourth-order valence-electron chi connectivity index (χ4n) is 6.94. The number of H-pyrrole nitrogens is 1. The molecule has 10 heteroatoms. The average Bonchev–Trinajstić information content (AvgIpc) is 3.49. The Hall–Kier alpha value is -2.46. The third-order valence-electron chi connectivity index (χ3n) is 7.96. The first kappa shape index (κ1) is 21.1. The molecule has 0 radical (unpaired) electrons. The maximum Gasteiger partial charge on any atom is 0.327 e. The van der Waals surface area contributed by atoms with Gasteiger partial charge in [-0.15, -0.1) is 11.8 Å². The van der Waals surface area contributed by atoms with E-state index in [4.69, 9.17) is 0 Å². The van der Waals surface area contributed by atoms with Crippen molar-refractivity contribution in [3.8, 4) is 0 Å². The third kappa shape index (κ3) is 2.79. The summed E-state index contributed by atoms with van der Waals surface area (Å²) in [5.41, 5.74) is 1.01. The van der Waals surface area contributed by atoms with Crippen LogP contribution in [-0.4, -0.2) is 49.0 Å². The molecule has 2 bridgehead atoms. The van der Waals surface area contributed by atoms with Gasteiger partial charge in [-0.1, -0.05) is 31.3 Å². The van der Waals surface area contributed by atoms with Crippen molar-refractivity contribution in [1.29, 1.82) is 0 Å². The van der Waals surface area contributed by atoms with Gasteiger partial charge in [0.25, 0.3) is 0 Å². The van der Waals surface area contributed by atoms with E-state index in [-0.39, 0.29) is 51.5 Å². The Kier molecular flexibility index (Phi) is 4.65. The summed E-state index contributed by atoms with van der Waals surface area (Å²) in [6, 6.07) is 2.75. The van der Waals surface area contributed by atoms with E-state index >= 15 is 0 Å². The van der Waals surface area contributed by atoms with Crippen LogP contribution in [0.2, 0.25) is 0 Å². The summed E-state index contributed by atoms with van der Waals surface area (Å²) in [6.07, 6.45) is 4.31. The van der Waals surface area contributed by atoms with E-state index in [1.807, 2.05) is 18.3 Å². The van der Waals surface area contributed by atoms with Crippen molar-refractivity contribution in [3.05, 3.63) is 44.6 Å². The highest BCUT2D eigenvalue weighted by Crippen LogP contribution is 2.68. The van der Waals surface area contributed by atoms with Gasteiger partial charge in [0.1, 0.15) is 6.04 Å². The fraction of sp³-hybridized carbons (Fsp3) is 0.522. The van der Waals surface area contributed by atoms with E-state index in [1.165, 1.54) is 11.3 Å². The number of aromatic amines is 1. The Bertz CT molecular complexity index is 1220. The second-order valence-electron chi connectivity index (χ2n) is 9.82. The van der Waals surface area contributed by atoms with Crippen LogP contribution in [0.15, 0.2) is 34.3 Å². The number of likely N-dealkylation sites (tertiary alicyclic amines) is 1. The molecule has 6 rings (SSSR count). The van der Waals surface area contributed by atoms with Gasteiger partial charge in [0.05, 0.1) is 16.9 Å². The molecule has 8 atom stereocenters. The summed E-state index contributed by atoms with van der Waals surface area (Å²) >= 11 is 2.83. The molecule has 0 aromatic carbocycles. The van der Waals surface area contributed by atoms with Crippen LogP contribution in [0.3, 0.4) is 0 Å². The van der Waals surface area contributed by atoms with Crippen molar-refractivity contribution in [2.75, 3.05) is 0 Å². The third-order valence-corrected chi connectivity index (χ3v) is 10.6. The van der Waals surface area contributed by atoms with Crippen LogP contribution in [0.5, 0.6) is 0 Å². The minimum atomic E-state index is -1.14. The smallest absolute Gasteiger partial charge is 0.327 e. The number of thiazole rings is 1. The molecule has 2 N–H and O–H groups in total. The van der Waals surface area contributed by atoms with Crippen molar-refractivity contribution in [3.63, 3.8) is 0 Å². The predicted octanol–water partition coefficient (Wildman–Crippen LogP) is 2.41. The van der Waals surface area contributed by atoms with Crippen LogP contribution in [-0.2, 0) is 14.4 Å². The molecule has 4 heterocycles. The molecule has 172 valence electrons. The highest BCUT2D eigenvalue weighted by Gasteiger charge is 2.70. The van der Waals surface area contributed by atoms with Crippen molar-refractivity contribution in [2.45, 2.75) is 42.5 Å². The largest absolute Gasteiger partial charge is 0.480 e. The molecular weight excluding hydrogens is 462 g/mol. The molecule has 1 saturated heterocycles. The predicted molar refractivity (Wildman–Crippen MR) is 121 cm³/mol. The van der Waals surface area contributed by atoms with Gasteiger partial charge in [-0.25, -0.2) is 4.79 Å². The molecule has 2 aliphatic carbocycles. The van der Waals surface area contributed by atoms with Crippen LogP contribution in [0, 0.1) is 35.5 Å². The monoisotopic (exact) mass is 485 g/mol. The zero-order chi connectivity index (χ0) is 23.2. The molecule has 2 saturated carbocycles. The van der Waals surface area contributed by atoms with Crippen molar-refractivity contribution >= 4 is 40.9 Å². The van der Waals surface area contributed by atoms with E-state index in [0.29, 0.717) is 0 Å². The van der Waals surface area contributed by atoms with E-state index in [2.05, 4.69) is 9.97 Å². The Morgan fingerprint density at radius 2 is 1.94 bits per heavy atom. The number of fused-ring (bicyclic) bond motifs is 9. The van der Waals surface area contributed by atoms with Crippen molar-refractivity contribution in [2.24, 2.45) is 35.5 Å². The summed E-state index contributed by atoms with van der Waals surface area (Å²) in [7, 11) is 0. The molecule has 8 nitrogen and oxygen atoms in total. The first-order valence-corrected chi connectivity index (χ1v) is 12.9. The Balaban J connectivity index is 1.44. The number of nitrogens with zero attached hydrogens (tertiary/aromatic N) is 2. The molecule has 33 heavy (non-hydrogen) atoms. The molecule has 2 aromatic heterocycles. The highest BCUT2D eigenvalue weighted by atomic mass is 32.2. The maximum absolute atomic E-state index is 13.6. The van der Waals surface area contributed by atoms with Gasteiger partial charge >= 0.3 is 10.8 Å². The molecule has 2 aromatic rings. The van der Waals surface area contributed by atoms with Gasteiger partial charge in [-0.3, -0.25) is 24.3 Å². The minimum Gasteiger partial charge on any atom is -0.480 e. The second-order valence-corrected chi connectivity index (χ2v) is 12.0. The van der Waals surface area contributed by atoms with Crippen LogP contribution in [0.4, 0.5) is 0 Å². The number of rotatable bonds is 4. The average molecular weight is 486 g/mol. The van der Waals surface area contributed by atoms with Gasteiger partial charge < -0.3 is 10.1 Å². The first-order valence-electron chi connectivity index (χ1n) is 11.2. The van der Waals surface area contributed by atoms with Crippen molar-refractivity contribution < 1.29 is 19.5 Å². The molecule has 2 aliphatic heterocycles. The van der Waals surface area contributed by atoms with E-state index < -0.39 is 23.8 Å².